The molecule has 0 spiro atoms. The molecule has 0 heterocycles. The van der Waals surface area contributed by atoms with Gasteiger partial charge in [0.2, 0.25) is 0 Å². The van der Waals surface area contributed by atoms with Crippen LogP contribution in [-0.2, 0) is 0 Å². The number of nitriles is 3. The summed E-state index contributed by atoms with van der Waals surface area (Å²) in [5.41, 5.74) is 2.12. The number of nitrogens with zero attached hydrogens (tertiary/aromatic N) is 3. The van der Waals surface area contributed by atoms with Crippen molar-refractivity contribution in [2.45, 2.75) is 11.8 Å². The third-order valence-electron chi connectivity index (χ3n) is 3.17. The molecular formula is C17H11N3. The van der Waals surface area contributed by atoms with Crippen LogP contribution in [-0.4, -0.2) is 0 Å². The van der Waals surface area contributed by atoms with Crippen LogP contribution in [0.3, 0.4) is 0 Å². The Morgan fingerprint density at radius 1 is 0.650 bits per heavy atom. The zero-order valence-corrected chi connectivity index (χ0v) is 10.7. The lowest BCUT2D eigenvalue weighted by molar-refractivity contribution is 0.761. The molecule has 2 atom stereocenters. The molecule has 0 aromatic heterocycles. The van der Waals surface area contributed by atoms with Gasteiger partial charge in [-0.2, -0.15) is 15.8 Å². The first-order chi connectivity index (χ1) is 9.80. The monoisotopic (exact) mass is 257 g/mol. The van der Waals surface area contributed by atoms with E-state index in [4.69, 9.17) is 5.26 Å². The first-order valence-corrected chi connectivity index (χ1v) is 6.14. The second-order valence-corrected chi connectivity index (χ2v) is 4.36. The van der Waals surface area contributed by atoms with E-state index in [0.717, 1.165) is 11.1 Å². The molecule has 0 radical (unpaired) electrons. The Kier molecular flexibility index (Phi) is 4.13. The molecule has 0 aliphatic rings. The van der Waals surface area contributed by atoms with Crippen LogP contribution >= 0.6 is 0 Å². The fraction of sp³-hybridized carbons (Fsp3) is 0.118. The van der Waals surface area contributed by atoms with E-state index in [1.165, 1.54) is 0 Å². The van der Waals surface area contributed by atoms with Crippen molar-refractivity contribution < 1.29 is 0 Å². The highest BCUT2D eigenvalue weighted by molar-refractivity contribution is 5.40. The summed E-state index contributed by atoms with van der Waals surface area (Å²) in [4.78, 5) is 0. The molecule has 2 aromatic carbocycles. The van der Waals surface area contributed by atoms with Crippen LogP contribution in [0.4, 0.5) is 0 Å². The third-order valence-corrected chi connectivity index (χ3v) is 3.17. The van der Waals surface area contributed by atoms with E-state index < -0.39 is 11.8 Å². The molecule has 0 aliphatic heterocycles. The summed E-state index contributed by atoms with van der Waals surface area (Å²) in [5.74, 6) is -1.07. The van der Waals surface area contributed by atoms with E-state index in [1.54, 1.807) is 24.3 Å². The van der Waals surface area contributed by atoms with Gasteiger partial charge >= 0.3 is 0 Å². The molecule has 0 saturated heterocycles. The molecule has 2 unspecified atom stereocenters. The van der Waals surface area contributed by atoms with Gasteiger partial charge < -0.3 is 0 Å². The SMILES string of the molecule is N#Cc1ccc(C(C#N)C(C#N)c2ccccc2)cc1. The van der Waals surface area contributed by atoms with Crippen molar-refractivity contribution in [1.29, 1.82) is 15.8 Å². The standard InChI is InChI=1S/C17H11N3/c18-10-13-6-8-15(9-7-13)17(12-20)16(11-19)14-4-2-1-3-5-14/h1-9,16-17H. The van der Waals surface area contributed by atoms with Crippen LogP contribution < -0.4 is 0 Å². The van der Waals surface area contributed by atoms with E-state index in [1.807, 2.05) is 36.4 Å². The third kappa shape index (κ3) is 2.66. The van der Waals surface area contributed by atoms with Crippen molar-refractivity contribution in [3.63, 3.8) is 0 Å². The summed E-state index contributed by atoms with van der Waals surface area (Å²) < 4.78 is 0. The minimum Gasteiger partial charge on any atom is -0.198 e. The molecule has 0 saturated carbocycles. The van der Waals surface area contributed by atoms with Crippen LogP contribution in [0.5, 0.6) is 0 Å². The molecule has 0 amide bonds. The first kappa shape index (κ1) is 13.3. The van der Waals surface area contributed by atoms with E-state index in [-0.39, 0.29) is 0 Å². The fourth-order valence-electron chi connectivity index (χ4n) is 2.11. The average molecular weight is 257 g/mol. The largest absolute Gasteiger partial charge is 0.198 e. The van der Waals surface area contributed by atoms with Gasteiger partial charge in [0.15, 0.2) is 0 Å². The van der Waals surface area contributed by atoms with Crippen molar-refractivity contribution in [3.8, 4) is 18.2 Å². The zero-order chi connectivity index (χ0) is 14.4. The highest BCUT2D eigenvalue weighted by Crippen LogP contribution is 2.32. The Balaban J connectivity index is 2.38. The van der Waals surface area contributed by atoms with Crippen molar-refractivity contribution in [1.82, 2.24) is 0 Å². The summed E-state index contributed by atoms with van der Waals surface area (Å²) in [5, 5.41) is 27.6. The quantitative estimate of drug-likeness (QED) is 0.845. The number of benzene rings is 2. The Bertz CT molecular complexity index is 697. The average Bonchev–Trinajstić information content (AvgIpc) is 2.53. The molecule has 94 valence electrons. The van der Waals surface area contributed by atoms with E-state index in [9.17, 15) is 10.5 Å². The van der Waals surface area contributed by atoms with Gasteiger partial charge in [-0.05, 0) is 23.3 Å². The maximum absolute atomic E-state index is 9.40. The normalized spacial score (nSPS) is 12.4. The van der Waals surface area contributed by atoms with Gasteiger partial charge in [-0.15, -0.1) is 0 Å². The van der Waals surface area contributed by atoms with Crippen molar-refractivity contribution in [3.05, 3.63) is 71.3 Å². The first-order valence-electron chi connectivity index (χ1n) is 6.14. The Labute approximate surface area is 117 Å². The maximum Gasteiger partial charge on any atom is 0.0991 e. The van der Waals surface area contributed by atoms with Crippen molar-refractivity contribution in [2.24, 2.45) is 0 Å². The second kappa shape index (κ2) is 6.19. The highest BCUT2D eigenvalue weighted by atomic mass is 14.4. The van der Waals surface area contributed by atoms with Gasteiger partial charge in [0.05, 0.1) is 35.6 Å². The van der Waals surface area contributed by atoms with Gasteiger partial charge in [-0.1, -0.05) is 42.5 Å². The van der Waals surface area contributed by atoms with Crippen LogP contribution in [0.15, 0.2) is 54.6 Å². The molecular weight excluding hydrogens is 246 g/mol. The van der Waals surface area contributed by atoms with Crippen molar-refractivity contribution >= 4 is 0 Å². The Hall–Kier alpha value is -3.09. The predicted molar refractivity (Wildman–Crippen MR) is 74.3 cm³/mol. The maximum atomic E-state index is 9.40. The number of hydrogen-bond donors (Lipinski definition) is 0. The van der Waals surface area contributed by atoms with Crippen LogP contribution in [0.25, 0.3) is 0 Å². The summed E-state index contributed by atoms with van der Waals surface area (Å²) >= 11 is 0. The molecule has 0 fully saturated rings. The lowest BCUT2D eigenvalue weighted by atomic mass is 9.83. The Morgan fingerprint density at radius 2 is 1.15 bits per heavy atom. The highest BCUT2D eigenvalue weighted by Gasteiger charge is 2.24. The van der Waals surface area contributed by atoms with Gasteiger partial charge in [-0.25, -0.2) is 0 Å². The minimum atomic E-state index is -0.546. The zero-order valence-electron chi connectivity index (χ0n) is 10.7. The molecule has 20 heavy (non-hydrogen) atoms. The fourth-order valence-corrected chi connectivity index (χ4v) is 2.11. The molecule has 0 N–H and O–H groups in total. The topological polar surface area (TPSA) is 71.4 Å². The van der Waals surface area contributed by atoms with Crippen molar-refractivity contribution in [2.75, 3.05) is 0 Å². The second-order valence-electron chi connectivity index (χ2n) is 4.36. The Morgan fingerprint density at radius 3 is 1.60 bits per heavy atom. The predicted octanol–water partition coefficient (Wildman–Crippen LogP) is 3.47. The lowest BCUT2D eigenvalue weighted by Crippen LogP contribution is -2.08. The van der Waals surface area contributed by atoms with E-state index >= 15 is 0 Å². The smallest absolute Gasteiger partial charge is 0.0991 e. The molecule has 2 rings (SSSR count). The number of rotatable bonds is 3. The molecule has 0 aliphatic carbocycles. The minimum absolute atomic E-state index is 0.519. The van der Waals surface area contributed by atoms with Gasteiger partial charge in [0, 0.05) is 0 Å². The van der Waals surface area contributed by atoms with Gasteiger partial charge in [-0.3, -0.25) is 0 Å². The van der Waals surface area contributed by atoms with Crippen LogP contribution in [0.2, 0.25) is 0 Å². The lowest BCUT2D eigenvalue weighted by Gasteiger charge is -2.16. The van der Waals surface area contributed by atoms with Crippen LogP contribution in [0.1, 0.15) is 28.5 Å². The number of hydrogen-bond acceptors (Lipinski definition) is 3. The summed E-state index contributed by atoms with van der Waals surface area (Å²) in [6.45, 7) is 0. The summed E-state index contributed by atoms with van der Waals surface area (Å²) in [6.07, 6.45) is 0. The van der Waals surface area contributed by atoms with Crippen LogP contribution in [0, 0.1) is 34.0 Å². The molecule has 3 nitrogen and oxygen atoms in total. The summed E-state index contributed by atoms with van der Waals surface area (Å²) in [6, 6.07) is 22.5. The molecule has 0 bridgehead atoms. The van der Waals surface area contributed by atoms with E-state index in [2.05, 4.69) is 12.1 Å². The molecule has 2 aromatic rings. The van der Waals surface area contributed by atoms with Gasteiger partial charge in [0.25, 0.3) is 0 Å². The summed E-state index contributed by atoms with van der Waals surface area (Å²) in [7, 11) is 0. The van der Waals surface area contributed by atoms with E-state index in [0.29, 0.717) is 5.56 Å². The molecule has 3 heteroatoms. The van der Waals surface area contributed by atoms with Gasteiger partial charge in [0.1, 0.15) is 0 Å².